The van der Waals surface area contributed by atoms with E-state index in [0.717, 1.165) is 5.56 Å². The van der Waals surface area contributed by atoms with Gasteiger partial charge in [0, 0.05) is 42.3 Å². The highest BCUT2D eigenvalue weighted by Crippen LogP contribution is 2.56. The third kappa shape index (κ3) is 4.19. The minimum Gasteiger partial charge on any atom is -0.488 e. The lowest BCUT2D eigenvalue weighted by Crippen LogP contribution is -2.43. The predicted octanol–water partition coefficient (Wildman–Crippen LogP) is 4.63. The molecule has 2 atom stereocenters. The Bertz CT molecular complexity index is 1290. The molecule has 0 saturated carbocycles. The van der Waals surface area contributed by atoms with Gasteiger partial charge in [0.1, 0.15) is 18.2 Å². The van der Waals surface area contributed by atoms with Gasteiger partial charge in [0.15, 0.2) is 17.2 Å². The van der Waals surface area contributed by atoms with Gasteiger partial charge in [-0.25, -0.2) is 8.78 Å². The zero-order chi connectivity index (χ0) is 26.0. The van der Waals surface area contributed by atoms with Gasteiger partial charge in [-0.05, 0) is 24.7 Å². The summed E-state index contributed by atoms with van der Waals surface area (Å²) in [7, 11) is 3.19. The number of hydrogen-bond donors (Lipinski definition) is 3. The molecule has 4 rings (SSSR count). The molecule has 6 nitrogen and oxygen atoms in total. The number of benzene rings is 3. The minimum absolute atomic E-state index is 0.0265. The molecule has 0 spiro atoms. The molecule has 0 aromatic heterocycles. The Labute approximate surface area is 213 Å². The lowest BCUT2D eigenvalue weighted by atomic mass is 9.77. The normalized spacial score (nSPS) is 18.5. The Hall–Kier alpha value is -3.20. The van der Waals surface area contributed by atoms with Crippen LogP contribution in [0.3, 0.4) is 0 Å². The molecule has 0 radical (unpaired) electrons. The Morgan fingerprint density at radius 3 is 2.53 bits per heavy atom. The maximum atomic E-state index is 16.0. The summed E-state index contributed by atoms with van der Waals surface area (Å²) >= 11 is 6.52. The number of aliphatic hydroxyl groups is 1. The fraction of sp³-hybridized carbons (Fsp3) is 0.296. The van der Waals surface area contributed by atoms with E-state index in [2.05, 4.69) is 10.6 Å². The van der Waals surface area contributed by atoms with Gasteiger partial charge in [0.05, 0.1) is 17.2 Å². The van der Waals surface area contributed by atoms with E-state index in [0.29, 0.717) is 12.1 Å². The molecule has 0 aliphatic carbocycles. The summed E-state index contributed by atoms with van der Waals surface area (Å²) in [6.45, 7) is 1.77. The van der Waals surface area contributed by atoms with E-state index in [-0.39, 0.29) is 46.4 Å². The molecule has 1 aliphatic heterocycles. The van der Waals surface area contributed by atoms with Crippen molar-refractivity contribution in [1.29, 1.82) is 0 Å². The van der Waals surface area contributed by atoms with E-state index < -0.39 is 29.1 Å². The number of amides is 1. The molecule has 1 aliphatic rings. The predicted molar refractivity (Wildman–Crippen MR) is 134 cm³/mol. The van der Waals surface area contributed by atoms with Crippen molar-refractivity contribution >= 4 is 17.5 Å². The summed E-state index contributed by atoms with van der Waals surface area (Å²) in [6, 6.07) is 13.3. The zero-order valence-corrected chi connectivity index (χ0v) is 20.9. The number of nitrogens with one attached hydrogen (secondary N) is 2. The minimum atomic E-state index is -0.946. The first-order valence-corrected chi connectivity index (χ1v) is 11.9. The van der Waals surface area contributed by atoms with Crippen LogP contribution in [0.2, 0.25) is 5.02 Å². The Kier molecular flexibility index (Phi) is 7.49. The maximum absolute atomic E-state index is 16.0. The molecule has 190 valence electrons. The number of ether oxygens (including phenoxy) is 2. The van der Waals surface area contributed by atoms with E-state index in [9.17, 15) is 4.79 Å². The molecule has 3 N–H and O–H groups in total. The molecule has 3 aromatic carbocycles. The number of aliphatic hydroxyl groups excluding tert-OH is 1. The summed E-state index contributed by atoms with van der Waals surface area (Å²) in [6.07, 6.45) is 0. The number of rotatable bonds is 8. The highest BCUT2D eigenvalue weighted by Gasteiger charge is 2.49. The fourth-order valence-electron chi connectivity index (χ4n) is 4.87. The quantitative estimate of drug-likeness (QED) is 0.407. The van der Waals surface area contributed by atoms with Gasteiger partial charge in [0.25, 0.3) is 5.91 Å². The van der Waals surface area contributed by atoms with Crippen LogP contribution in [0.5, 0.6) is 11.5 Å². The summed E-state index contributed by atoms with van der Waals surface area (Å²) in [5, 5.41) is 14.5. The van der Waals surface area contributed by atoms with E-state index in [1.165, 1.54) is 25.2 Å². The van der Waals surface area contributed by atoms with E-state index in [1.807, 2.05) is 37.3 Å². The van der Waals surface area contributed by atoms with Crippen molar-refractivity contribution in [2.75, 3.05) is 33.9 Å². The maximum Gasteiger partial charge on any atom is 0.251 e. The van der Waals surface area contributed by atoms with Crippen molar-refractivity contribution in [2.24, 2.45) is 0 Å². The molecule has 9 heteroatoms. The van der Waals surface area contributed by atoms with Crippen molar-refractivity contribution < 1.29 is 28.2 Å². The number of carbonyl (C=O) groups is 1. The average Bonchev–Trinajstić information content (AvgIpc) is 3.16. The van der Waals surface area contributed by atoms with Crippen LogP contribution in [-0.2, 0) is 5.60 Å². The monoisotopic (exact) mass is 516 g/mol. The van der Waals surface area contributed by atoms with Gasteiger partial charge in [-0.3, -0.25) is 4.79 Å². The van der Waals surface area contributed by atoms with Crippen molar-refractivity contribution in [1.82, 2.24) is 10.6 Å². The van der Waals surface area contributed by atoms with Gasteiger partial charge in [0.2, 0.25) is 0 Å². The first-order valence-electron chi connectivity index (χ1n) is 11.5. The van der Waals surface area contributed by atoms with Crippen LogP contribution in [0, 0.1) is 11.6 Å². The lowest BCUT2D eigenvalue weighted by molar-refractivity contribution is 0.0719. The van der Waals surface area contributed by atoms with Crippen molar-refractivity contribution in [3.05, 3.63) is 81.9 Å². The number of likely N-dealkylation sites (N-methyl/N-ethyl adjacent to an activating group) is 1. The summed E-state index contributed by atoms with van der Waals surface area (Å²) < 4.78 is 43.0. The second kappa shape index (κ2) is 10.4. The van der Waals surface area contributed by atoms with Crippen molar-refractivity contribution in [2.45, 2.75) is 18.4 Å². The van der Waals surface area contributed by atoms with E-state index in [1.54, 1.807) is 7.05 Å². The second-order valence-corrected chi connectivity index (χ2v) is 8.90. The molecule has 0 bridgehead atoms. The van der Waals surface area contributed by atoms with Crippen LogP contribution in [0.1, 0.15) is 34.3 Å². The van der Waals surface area contributed by atoms with Crippen molar-refractivity contribution in [3.8, 4) is 22.6 Å². The van der Waals surface area contributed by atoms with Crippen LogP contribution in [-0.4, -0.2) is 44.9 Å². The molecule has 0 saturated heterocycles. The SMILES string of the molecule is CNC[C@]1(c2ccccc2)Oc2cc(F)c(Cl)c(-c3c(C(=O)NC)ccc(OCCO)c3F)c2[C@@H]1C. The lowest BCUT2D eigenvalue weighted by Gasteiger charge is -2.33. The van der Waals surface area contributed by atoms with Crippen LogP contribution in [0.4, 0.5) is 8.78 Å². The van der Waals surface area contributed by atoms with Gasteiger partial charge < -0.3 is 25.2 Å². The summed E-state index contributed by atoms with van der Waals surface area (Å²) in [4.78, 5) is 12.8. The first kappa shape index (κ1) is 25.9. The van der Waals surface area contributed by atoms with Crippen molar-refractivity contribution in [3.63, 3.8) is 0 Å². The fourth-order valence-corrected chi connectivity index (χ4v) is 5.12. The number of hydrogen-bond acceptors (Lipinski definition) is 5. The molecule has 3 aromatic rings. The van der Waals surface area contributed by atoms with Gasteiger partial charge in [-0.2, -0.15) is 0 Å². The molecular weight excluding hydrogens is 490 g/mol. The van der Waals surface area contributed by atoms with Crippen LogP contribution in [0.15, 0.2) is 48.5 Å². The highest BCUT2D eigenvalue weighted by atomic mass is 35.5. The molecule has 0 fully saturated rings. The Morgan fingerprint density at radius 1 is 1.17 bits per heavy atom. The third-order valence-electron chi connectivity index (χ3n) is 6.53. The summed E-state index contributed by atoms with van der Waals surface area (Å²) in [5.74, 6) is -2.69. The van der Waals surface area contributed by atoms with Gasteiger partial charge >= 0.3 is 0 Å². The smallest absolute Gasteiger partial charge is 0.251 e. The van der Waals surface area contributed by atoms with Crippen LogP contribution >= 0.6 is 11.6 Å². The average molecular weight is 517 g/mol. The topological polar surface area (TPSA) is 79.8 Å². The Morgan fingerprint density at radius 2 is 1.89 bits per heavy atom. The molecule has 1 heterocycles. The van der Waals surface area contributed by atoms with E-state index >= 15 is 8.78 Å². The van der Waals surface area contributed by atoms with Crippen LogP contribution < -0.4 is 20.1 Å². The van der Waals surface area contributed by atoms with Gasteiger partial charge in [-0.1, -0.05) is 48.9 Å². The van der Waals surface area contributed by atoms with E-state index in [4.69, 9.17) is 26.2 Å². The second-order valence-electron chi connectivity index (χ2n) is 8.52. The highest BCUT2D eigenvalue weighted by molar-refractivity contribution is 6.34. The van der Waals surface area contributed by atoms with Gasteiger partial charge in [-0.15, -0.1) is 0 Å². The third-order valence-corrected chi connectivity index (χ3v) is 6.89. The zero-order valence-electron chi connectivity index (χ0n) is 20.1. The summed E-state index contributed by atoms with van der Waals surface area (Å²) in [5.41, 5.74) is 0.159. The largest absolute Gasteiger partial charge is 0.488 e. The molecule has 36 heavy (non-hydrogen) atoms. The Balaban J connectivity index is 2.03. The number of halogens is 3. The number of fused-ring (bicyclic) bond motifs is 1. The molecule has 1 amide bonds. The molecular formula is C27H27ClF2N2O4. The number of carbonyl (C=O) groups excluding carboxylic acids is 1. The standard InChI is InChI=1S/C27H27ClF2N2O4/c1-15-21-20(36-27(15,14-31-2)16-7-5-4-6-8-16)13-18(29)24(28)23(21)22-17(26(34)32-3)9-10-19(25(22)30)35-12-11-33/h4-10,13,15,31,33H,11-12,14H2,1-3H3,(H,32,34)/t15-,27-/m0/s1. The first-order chi connectivity index (χ1) is 17.3. The van der Waals surface area contributed by atoms with Crippen LogP contribution in [0.25, 0.3) is 11.1 Å². The molecule has 0 unspecified atom stereocenters.